The van der Waals surface area contributed by atoms with Gasteiger partial charge in [-0.05, 0) is 31.5 Å². The largest absolute Gasteiger partial charge is 0.463 e. The third-order valence-corrected chi connectivity index (χ3v) is 6.47. The molecule has 3 heterocycles. The SMILES string of the molecule is C#CC1CC(n2cnc3ccc(C(F)(F)F)nc32)OC1COC(Cc1ccccc1)(C(=O)OCC)C(=O)OCC. The van der Waals surface area contributed by atoms with Gasteiger partial charge in [0, 0.05) is 12.8 Å². The molecule has 2 aromatic heterocycles. The number of nitrogens with zero attached hydrogens (tertiary/aromatic N) is 3. The summed E-state index contributed by atoms with van der Waals surface area (Å²) >= 11 is 0. The molecule has 1 aromatic carbocycles. The monoisotopic (exact) mass is 559 g/mol. The van der Waals surface area contributed by atoms with E-state index in [1.165, 1.54) is 17.0 Å². The van der Waals surface area contributed by atoms with E-state index in [0.29, 0.717) is 5.56 Å². The lowest BCUT2D eigenvalue weighted by Gasteiger charge is -2.31. The Bertz CT molecular complexity index is 1370. The zero-order chi connectivity index (χ0) is 28.9. The van der Waals surface area contributed by atoms with Crippen LogP contribution in [0.1, 0.15) is 37.8 Å². The van der Waals surface area contributed by atoms with E-state index in [0.717, 1.165) is 6.07 Å². The highest BCUT2D eigenvalue weighted by molar-refractivity contribution is 6.04. The van der Waals surface area contributed by atoms with Crippen LogP contribution in [0.25, 0.3) is 11.2 Å². The minimum atomic E-state index is -4.64. The number of alkyl halides is 3. The average Bonchev–Trinajstić information content (AvgIpc) is 3.54. The maximum Gasteiger partial charge on any atom is 0.433 e. The second kappa shape index (κ2) is 12.1. The van der Waals surface area contributed by atoms with Crippen LogP contribution < -0.4 is 0 Å². The normalized spacial score (nSPS) is 19.4. The fraction of sp³-hybridized carbons (Fsp3) is 0.429. The van der Waals surface area contributed by atoms with Crippen LogP contribution >= 0.6 is 0 Å². The van der Waals surface area contributed by atoms with Gasteiger partial charge >= 0.3 is 18.1 Å². The van der Waals surface area contributed by atoms with Gasteiger partial charge in [0.2, 0.25) is 0 Å². The van der Waals surface area contributed by atoms with E-state index in [1.54, 1.807) is 44.2 Å². The number of halogens is 3. The zero-order valence-electron chi connectivity index (χ0n) is 21.9. The van der Waals surface area contributed by atoms with Crippen LogP contribution in [0.5, 0.6) is 0 Å². The van der Waals surface area contributed by atoms with Crippen molar-refractivity contribution < 1.29 is 41.7 Å². The summed E-state index contributed by atoms with van der Waals surface area (Å²) in [6.07, 6.45) is 0.845. The fourth-order valence-corrected chi connectivity index (χ4v) is 4.51. The minimum absolute atomic E-state index is 0.00621. The standard InChI is InChI=1S/C28H28F3N3O6/c1-4-19-14-23(34-17-32-20-12-13-22(28(29,30)31)33-24(20)34)40-21(19)16-39-27(25(35)37-5-2,26(36)38-6-3)15-18-10-8-7-9-11-18/h1,7-13,17,19,21,23H,5-6,14-16H2,2-3H3. The van der Waals surface area contributed by atoms with Crippen molar-refractivity contribution in [1.82, 2.24) is 14.5 Å². The highest BCUT2D eigenvalue weighted by Crippen LogP contribution is 2.37. The lowest BCUT2D eigenvalue weighted by atomic mass is 9.93. The van der Waals surface area contributed by atoms with Gasteiger partial charge < -0.3 is 18.9 Å². The molecule has 4 rings (SSSR count). The molecular weight excluding hydrogens is 531 g/mol. The summed E-state index contributed by atoms with van der Waals surface area (Å²) in [5.41, 5.74) is -2.35. The molecule has 3 aromatic rings. The number of carbonyl (C=O) groups is 2. The van der Waals surface area contributed by atoms with E-state index in [-0.39, 0.29) is 43.8 Å². The number of rotatable bonds is 10. The molecule has 0 bridgehead atoms. The first-order valence-electron chi connectivity index (χ1n) is 12.7. The van der Waals surface area contributed by atoms with Gasteiger partial charge in [-0.15, -0.1) is 12.3 Å². The summed E-state index contributed by atoms with van der Waals surface area (Å²) in [7, 11) is 0. The number of terminal acetylenes is 1. The summed E-state index contributed by atoms with van der Waals surface area (Å²) < 4.78 is 63.8. The summed E-state index contributed by atoms with van der Waals surface area (Å²) in [5.74, 6) is 0.205. The highest BCUT2D eigenvalue weighted by Gasteiger charge is 2.52. The van der Waals surface area contributed by atoms with Crippen molar-refractivity contribution in [2.24, 2.45) is 5.92 Å². The molecule has 1 saturated heterocycles. The smallest absolute Gasteiger partial charge is 0.433 e. The van der Waals surface area contributed by atoms with Crippen LogP contribution in [0.3, 0.4) is 0 Å². The lowest BCUT2D eigenvalue weighted by molar-refractivity contribution is -0.195. The van der Waals surface area contributed by atoms with Gasteiger partial charge in [-0.1, -0.05) is 30.3 Å². The van der Waals surface area contributed by atoms with Crippen LogP contribution in [-0.4, -0.2) is 58.0 Å². The molecule has 0 saturated carbocycles. The quantitative estimate of drug-likeness (QED) is 0.208. The maximum atomic E-state index is 13.3. The van der Waals surface area contributed by atoms with Crippen molar-refractivity contribution in [1.29, 1.82) is 0 Å². The van der Waals surface area contributed by atoms with Crippen LogP contribution in [0.15, 0.2) is 48.8 Å². The number of carbonyl (C=O) groups excluding carboxylic acids is 2. The molecule has 1 aliphatic heterocycles. The first-order valence-corrected chi connectivity index (χ1v) is 12.7. The number of imidazole rings is 1. The summed E-state index contributed by atoms with van der Waals surface area (Å²) in [5, 5.41) is 0. The molecule has 12 heteroatoms. The second-order valence-electron chi connectivity index (χ2n) is 9.07. The predicted molar refractivity (Wildman–Crippen MR) is 135 cm³/mol. The second-order valence-corrected chi connectivity index (χ2v) is 9.07. The van der Waals surface area contributed by atoms with Crippen molar-refractivity contribution in [2.75, 3.05) is 19.8 Å². The highest BCUT2D eigenvalue weighted by atomic mass is 19.4. The van der Waals surface area contributed by atoms with Crippen LogP contribution in [0.4, 0.5) is 13.2 Å². The topological polar surface area (TPSA) is 102 Å². The molecule has 40 heavy (non-hydrogen) atoms. The van der Waals surface area contributed by atoms with E-state index in [1.807, 2.05) is 0 Å². The molecule has 1 aliphatic rings. The molecule has 0 aliphatic carbocycles. The van der Waals surface area contributed by atoms with Gasteiger partial charge in [0.1, 0.15) is 17.4 Å². The van der Waals surface area contributed by atoms with Gasteiger partial charge in [0.15, 0.2) is 5.65 Å². The Balaban J connectivity index is 1.61. The molecule has 1 fully saturated rings. The number of aromatic nitrogens is 3. The first kappa shape index (κ1) is 29.0. The van der Waals surface area contributed by atoms with Gasteiger partial charge in [-0.25, -0.2) is 19.6 Å². The maximum absolute atomic E-state index is 13.3. The van der Waals surface area contributed by atoms with E-state index in [2.05, 4.69) is 15.9 Å². The number of fused-ring (bicyclic) bond motifs is 1. The van der Waals surface area contributed by atoms with Gasteiger partial charge in [0.05, 0.1) is 38.2 Å². The third kappa shape index (κ3) is 5.95. The first-order chi connectivity index (χ1) is 19.1. The fourth-order valence-electron chi connectivity index (χ4n) is 4.51. The number of esters is 2. The molecule has 212 valence electrons. The van der Waals surface area contributed by atoms with Crippen molar-refractivity contribution >= 4 is 23.1 Å². The molecule has 3 atom stereocenters. The van der Waals surface area contributed by atoms with E-state index in [9.17, 15) is 22.8 Å². The van der Waals surface area contributed by atoms with Crippen molar-refractivity contribution in [3.05, 3.63) is 60.0 Å². The van der Waals surface area contributed by atoms with Crippen molar-refractivity contribution in [3.8, 4) is 12.3 Å². The van der Waals surface area contributed by atoms with Gasteiger partial charge in [-0.3, -0.25) is 4.57 Å². The van der Waals surface area contributed by atoms with E-state index < -0.39 is 47.7 Å². The number of hydrogen-bond donors (Lipinski definition) is 0. The van der Waals surface area contributed by atoms with Crippen molar-refractivity contribution in [2.45, 2.75) is 50.8 Å². The Morgan fingerprint density at radius 2 is 1.77 bits per heavy atom. The molecule has 9 nitrogen and oxygen atoms in total. The van der Waals surface area contributed by atoms with Crippen molar-refractivity contribution in [3.63, 3.8) is 0 Å². The summed E-state index contributed by atoms with van der Waals surface area (Å²) in [6.45, 7) is 2.89. The molecule has 0 amide bonds. The Labute approximate surface area is 228 Å². The molecule has 0 radical (unpaired) electrons. The average molecular weight is 560 g/mol. The Kier molecular flexibility index (Phi) is 8.76. The molecular formula is C28H28F3N3O6. The predicted octanol–water partition coefficient (Wildman–Crippen LogP) is 4.11. The van der Waals surface area contributed by atoms with Crippen LogP contribution in [0.2, 0.25) is 0 Å². The van der Waals surface area contributed by atoms with Gasteiger partial charge in [0.25, 0.3) is 5.60 Å². The number of pyridine rings is 1. The minimum Gasteiger partial charge on any atom is -0.463 e. The van der Waals surface area contributed by atoms with Gasteiger partial charge in [-0.2, -0.15) is 13.2 Å². The number of hydrogen-bond acceptors (Lipinski definition) is 8. The Hall–Kier alpha value is -3.95. The number of ether oxygens (including phenoxy) is 4. The Morgan fingerprint density at radius 1 is 1.10 bits per heavy atom. The zero-order valence-corrected chi connectivity index (χ0v) is 21.9. The summed E-state index contributed by atoms with van der Waals surface area (Å²) in [6, 6.07) is 10.8. The van der Waals surface area contributed by atoms with E-state index in [4.69, 9.17) is 25.4 Å². The van der Waals surface area contributed by atoms with Crippen LogP contribution in [0, 0.1) is 18.3 Å². The molecule has 3 unspecified atom stereocenters. The summed E-state index contributed by atoms with van der Waals surface area (Å²) in [4.78, 5) is 34.3. The third-order valence-electron chi connectivity index (χ3n) is 6.47. The van der Waals surface area contributed by atoms with Crippen LogP contribution in [-0.2, 0) is 41.1 Å². The lowest BCUT2D eigenvalue weighted by Crippen LogP contribution is -2.54. The molecule has 0 N–H and O–H groups in total. The molecule has 0 spiro atoms. The number of benzene rings is 1. The van der Waals surface area contributed by atoms with E-state index >= 15 is 0 Å². The Morgan fingerprint density at radius 3 is 2.38 bits per heavy atom.